The number of nitrogens with zero attached hydrogens (tertiary/aromatic N) is 2. The smallest absolute Gasteiger partial charge is 0.225 e. The van der Waals surface area contributed by atoms with Crippen molar-refractivity contribution in [1.29, 1.82) is 0 Å². The molecule has 28 heavy (non-hydrogen) atoms. The van der Waals surface area contributed by atoms with Crippen LogP contribution in [-0.4, -0.2) is 63.2 Å². The second kappa shape index (κ2) is 9.50. The monoisotopic (exact) mass is 390 g/mol. The van der Waals surface area contributed by atoms with E-state index in [0.29, 0.717) is 23.3 Å². The third kappa shape index (κ3) is 4.54. The predicted molar refractivity (Wildman–Crippen MR) is 109 cm³/mol. The number of hydrogen-bond acceptors (Lipinski definition) is 5. The summed E-state index contributed by atoms with van der Waals surface area (Å²) in [5.74, 6) is 3.20. The van der Waals surface area contributed by atoms with Gasteiger partial charge in [-0.2, -0.15) is 0 Å². The zero-order valence-electron chi connectivity index (χ0n) is 17.7. The van der Waals surface area contributed by atoms with E-state index in [1.807, 2.05) is 12.1 Å². The minimum Gasteiger partial charge on any atom is -0.493 e. The van der Waals surface area contributed by atoms with Crippen molar-refractivity contribution in [3.05, 3.63) is 17.7 Å². The van der Waals surface area contributed by atoms with Crippen molar-refractivity contribution in [3.8, 4) is 17.2 Å². The first-order valence-corrected chi connectivity index (χ1v) is 10.4. The predicted octanol–water partition coefficient (Wildman–Crippen LogP) is 3.18. The fourth-order valence-electron chi connectivity index (χ4n) is 4.51. The average molecular weight is 391 g/mol. The first kappa shape index (κ1) is 20.8. The topological polar surface area (TPSA) is 51.2 Å². The Bertz CT molecular complexity index is 671. The number of hydrogen-bond donors (Lipinski definition) is 0. The molecule has 1 amide bonds. The van der Waals surface area contributed by atoms with Gasteiger partial charge in [0.25, 0.3) is 0 Å². The summed E-state index contributed by atoms with van der Waals surface area (Å²) in [6.45, 7) is 6.76. The van der Waals surface area contributed by atoms with Crippen LogP contribution >= 0.6 is 0 Å². The quantitative estimate of drug-likeness (QED) is 0.747. The molecule has 0 bridgehead atoms. The van der Waals surface area contributed by atoms with Gasteiger partial charge in [-0.05, 0) is 50.8 Å². The number of benzene rings is 1. The average Bonchev–Trinajstić information content (AvgIpc) is 2.73. The summed E-state index contributed by atoms with van der Waals surface area (Å²) in [7, 11) is 4.91. The molecule has 0 radical (unpaired) electrons. The summed E-state index contributed by atoms with van der Waals surface area (Å²) in [6, 6.07) is 3.96. The van der Waals surface area contributed by atoms with Gasteiger partial charge in [0.15, 0.2) is 11.5 Å². The van der Waals surface area contributed by atoms with Crippen LogP contribution in [0.4, 0.5) is 0 Å². The Morgan fingerprint density at radius 1 is 1.00 bits per heavy atom. The molecule has 1 atom stereocenters. The third-order valence-corrected chi connectivity index (χ3v) is 6.09. The van der Waals surface area contributed by atoms with E-state index in [2.05, 4.69) is 16.7 Å². The molecular weight excluding hydrogens is 356 g/mol. The van der Waals surface area contributed by atoms with E-state index < -0.39 is 0 Å². The Morgan fingerprint density at radius 3 is 2.32 bits per heavy atom. The highest BCUT2D eigenvalue weighted by Crippen LogP contribution is 2.40. The van der Waals surface area contributed by atoms with Crippen LogP contribution in [0.15, 0.2) is 12.1 Å². The summed E-state index contributed by atoms with van der Waals surface area (Å²) < 4.78 is 16.5. The molecule has 2 aliphatic heterocycles. The SMILES string of the molecule is COc1ccc(CN2CCC(C(=O)N3CCC[C@@H](C)C3)CC2)c(OC)c1OC. The molecule has 0 aliphatic carbocycles. The van der Waals surface area contributed by atoms with Crippen LogP contribution in [0.3, 0.4) is 0 Å². The lowest BCUT2D eigenvalue weighted by Crippen LogP contribution is -2.45. The number of likely N-dealkylation sites (tertiary alicyclic amines) is 2. The maximum Gasteiger partial charge on any atom is 0.225 e. The number of carbonyl (C=O) groups excluding carboxylic acids is 1. The first-order chi connectivity index (χ1) is 13.6. The molecule has 156 valence electrons. The number of amides is 1. The van der Waals surface area contributed by atoms with Crippen LogP contribution < -0.4 is 14.2 Å². The Morgan fingerprint density at radius 2 is 1.71 bits per heavy atom. The highest BCUT2D eigenvalue weighted by molar-refractivity contribution is 5.79. The van der Waals surface area contributed by atoms with Gasteiger partial charge in [0.05, 0.1) is 21.3 Å². The second-order valence-electron chi connectivity index (χ2n) is 8.08. The van der Waals surface area contributed by atoms with Crippen LogP contribution in [0.5, 0.6) is 17.2 Å². The number of carbonyl (C=O) groups is 1. The van der Waals surface area contributed by atoms with Crippen LogP contribution in [0.25, 0.3) is 0 Å². The van der Waals surface area contributed by atoms with E-state index in [9.17, 15) is 4.79 Å². The summed E-state index contributed by atoms with van der Waals surface area (Å²) in [4.78, 5) is 17.4. The fraction of sp³-hybridized carbons (Fsp3) is 0.682. The molecule has 2 aliphatic rings. The molecule has 6 heteroatoms. The van der Waals surface area contributed by atoms with E-state index in [1.165, 1.54) is 6.42 Å². The van der Waals surface area contributed by atoms with Gasteiger partial charge in [-0.3, -0.25) is 9.69 Å². The van der Waals surface area contributed by atoms with Gasteiger partial charge in [-0.25, -0.2) is 0 Å². The fourth-order valence-corrected chi connectivity index (χ4v) is 4.51. The van der Waals surface area contributed by atoms with Crippen molar-refractivity contribution in [2.75, 3.05) is 47.5 Å². The van der Waals surface area contributed by atoms with Crippen molar-refractivity contribution in [1.82, 2.24) is 9.80 Å². The molecule has 0 N–H and O–H groups in total. The molecule has 0 unspecified atom stereocenters. The van der Waals surface area contributed by atoms with Crippen molar-refractivity contribution in [2.45, 2.75) is 39.2 Å². The van der Waals surface area contributed by atoms with Crippen LogP contribution in [-0.2, 0) is 11.3 Å². The lowest BCUT2D eigenvalue weighted by atomic mass is 9.92. The molecule has 0 saturated carbocycles. The summed E-state index contributed by atoms with van der Waals surface area (Å²) in [5, 5.41) is 0. The maximum atomic E-state index is 12.9. The minimum absolute atomic E-state index is 0.175. The van der Waals surface area contributed by atoms with E-state index in [-0.39, 0.29) is 5.92 Å². The Labute approximate surface area is 168 Å². The van der Waals surface area contributed by atoms with Crippen LogP contribution in [0, 0.1) is 11.8 Å². The number of methoxy groups -OCH3 is 3. The lowest BCUT2D eigenvalue weighted by molar-refractivity contribution is -0.138. The molecule has 1 aromatic rings. The van der Waals surface area contributed by atoms with Gasteiger partial charge in [-0.1, -0.05) is 13.0 Å². The highest BCUT2D eigenvalue weighted by Gasteiger charge is 2.31. The van der Waals surface area contributed by atoms with Crippen LogP contribution in [0.2, 0.25) is 0 Å². The number of rotatable bonds is 6. The maximum absolute atomic E-state index is 12.9. The highest BCUT2D eigenvalue weighted by atomic mass is 16.5. The lowest BCUT2D eigenvalue weighted by Gasteiger charge is -2.37. The number of piperidine rings is 2. The Kier molecular flexibility index (Phi) is 7.05. The van der Waals surface area contributed by atoms with Gasteiger partial charge in [-0.15, -0.1) is 0 Å². The molecule has 0 aromatic heterocycles. The molecule has 2 fully saturated rings. The summed E-state index contributed by atoms with van der Waals surface area (Å²) >= 11 is 0. The molecule has 0 spiro atoms. The van der Waals surface area contributed by atoms with Crippen molar-refractivity contribution in [3.63, 3.8) is 0 Å². The standard InChI is InChI=1S/C22H34N2O4/c1-16-6-5-11-24(14-16)22(25)17-9-12-23(13-10-17)15-18-7-8-19(26-2)21(28-4)20(18)27-3/h7-8,16-17H,5-6,9-15H2,1-4H3/t16-/m1/s1. The normalized spacial score (nSPS) is 21.4. The zero-order valence-corrected chi connectivity index (χ0v) is 17.7. The van der Waals surface area contributed by atoms with Gasteiger partial charge in [0.1, 0.15) is 0 Å². The third-order valence-electron chi connectivity index (χ3n) is 6.09. The van der Waals surface area contributed by atoms with Gasteiger partial charge < -0.3 is 19.1 Å². The van der Waals surface area contributed by atoms with Crippen molar-refractivity contribution >= 4 is 5.91 Å². The van der Waals surface area contributed by atoms with E-state index in [0.717, 1.165) is 63.3 Å². The van der Waals surface area contributed by atoms with Gasteiger partial charge in [0, 0.05) is 31.1 Å². The van der Waals surface area contributed by atoms with Crippen molar-refractivity contribution < 1.29 is 19.0 Å². The largest absolute Gasteiger partial charge is 0.493 e. The molecular formula is C22H34N2O4. The summed E-state index contributed by atoms with van der Waals surface area (Å²) in [5.41, 5.74) is 1.08. The van der Waals surface area contributed by atoms with E-state index >= 15 is 0 Å². The first-order valence-electron chi connectivity index (χ1n) is 10.4. The molecule has 6 nitrogen and oxygen atoms in total. The second-order valence-corrected chi connectivity index (χ2v) is 8.08. The number of ether oxygens (including phenoxy) is 3. The molecule has 2 heterocycles. The van der Waals surface area contributed by atoms with Crippen molar-refractivity contribution in [2.24, 2.45) is 11.8 Å². The minimum atomic E-state index is 0.175. The van der Waals surface area contributed by atoms with Gasteiger partial charge >= 0.3 is 0 Å². The Hall–Kier alpha value is -1.95. The molecule has 3 rings (SSSR count). The molecule has 1 aromatic carbocycles. The molecule has 2 saturated heterocycles. The summed E-state index contributed by atoms with van der Waals surface area (Å²) in [6.07, 6.45) is 4.25. The van der Waals surface area contributed by atoms with E-state index in [4.69, 9.17) is 14.2 Å². The van der Waals surface area contributed by atoms with Crippen LogP contribution in [0.1, 0.15) is 38.2 Å². The van der Waals surface area contributed by atoms with E-state index in [1.54, 1.807) is 21.3 Å². The Balaban J connectivity index is 1.59. The zero-order chi connectivity index (χ0) is 20.1. The van der Waals surface area contributed by atoms with Gasteiger partial charge in [0.2, 0.25) is 11.7 Å².